The summed E-state index contributed by atoms with van der Waals surface area (Å²) in [6.45, 7) is 5.10. The minimum atomic E-state index is -3.62. The van der Waals surface area contributed by atoms with E-state index in [0.29, 0.717) is 31.8 Å². The number of halogens is 1. The number of carbonyl (C=O) groups excluding carboxylic acids is 2. The van der Waals surface area contributed by atoms with Crippen LogP contribution in [0, 0.1) is 0 Å². The van der Waals surface area contributed by atoms with E-state index in [9.17, 15) is 18.0 Å². The molecule has 0 aliphatic heterocycles. The summed E-state index contributed by atoms with van der Waals surface area (Å²) >= 11 is 5.59. The van der Waals surface area contributed by atoms with Crippen LogP contribution in [0.4, 0.5) is 5.69 Å². The van der Waals surface area contributed by atoms with Gasteiger partial charge in [0.05, 0.1) is 24.1 Å². The highest BCUT2D eigenvalue weighted by Crippen LogP contribution is 2.20. The standard InChI is InChI=1S/C19H29ClN2O5S/c1-4-9-22(10-5-2)18(23)15-12-16(19(24)27-3)14-17(13-15)21-28(25,26)11-7-6-8-20/h12-14,21H,4-11H2,1-3H3. The summed E-state index contributed by atoms with van der Waals surface area (Å²) in [5.41, 5.74) is 0.507. The van der Waals surface area contributed by atoms with Gasteiger partial charge in [-0.05, 0) is 43.9 Å². The van der Waals surface area contributed by atoms with Gasteiger partial charge in [0.25, 0.3) is 5.91 Å². The van der Waals surface area contributed by atoms with Gasteiger partial charge in [-0.1, -0.05) is 13.8 Å². The topological polar surface area (TPSA) is 92.8 Å². The monoisotopic (exact) mass is 432 g/mol. The molecule has 28 heavy (non-hydrogen) atoms. The fourth-order valence-corrected chi connectivity index (χ4v) is 4.05. The lowest BCUT2D eigenvalue weighted by atomic mass is 10.1. The Kier molecular flexibility index (Phi) is 10.3. The molecule has 0 fully saturated rings. The van der Waals surface area contributed by atoms with E-state index < -0.39 is 16.0 Å². The highest BCUT2D eigenvalue weighted by molar-refractivity contribution is 7.92. The van der Waals surface area contributed by atoms with Crippen LogP contribution in [0.15, 0.2) is 18.2 Å². The average Bonchev–Trinajstić information content (AvgIpc) is 2.66. The number of anilines is 1. The second-order valence-electron chi connectivity index (χ2n) is 6.40. The third-order valence-electron chi connectivity index (χ3n) is 3.95. The number of benzene rings is 1. The van der Waals surface area contributed by atoms with Crippen LogP contribution < -0.4 is 4.72 Å². The number of sulfonamides is 1. The third kappa shape index (κ3) is 7.67. The minimum absolute atomic E-state index is 0.0940. The third-order valence-corrected chi connectivity index (χ3v) is 5.59. The van der Waals surface area contributed by atoms with Crippen molar-refractivity contribution in [2.24, 2.45) is 0 Å². The normalized spacial score (nSPS) is 11.1. The molecule has 158 valence electrons. The molecule has 0 saturated heterocycles. The van der Waals surface area contributed by atoms with Gasteiger partial charge in [-0.2, -0.15) is 0 Å². The van der Waals surface area contributed by atoms with Crippen molar-refractivity contribution in [2.45, 2.75) is 39.5 Å². The summed E-state index contributed by atoms with van der Waals surface area (Å²) in [6, 6.07) is 4.25. The second kappa shape index (κ2) is 11.9. The summed E-state index contributed by atoms with van der Waals surface area (Å²) in [5, 5.41) is 0. The Bertz CT molecular complexity index is 762. The molecule has 0 aliphatic rings. The van der Waals surface area contributed by atoms with Crippen molar-refractivity contribution in [1.82, 2.24) is 4.90 Å². The fourth-order valence-electron chi connectivity index (χ4n) is 2.70. The Labute approximate surface area is 172 Å². The predicted octanol–water partition coefficient (Wildman–Crippen LogP) is 3.50. The summed E-state index contributed by atoms with van der Waals surface area (Å²) in [6.07, 6.45) is 2.59. The number of rotatable bonds is 12. The zero-order chi connectivity index (χ0) is 21.2. The highest BCUT2D eigenvalue weighted by atomic mass is 35.5. The Hall–Kier alpha value is -1.80. The first-order valence-corrected chi connectivity index (χ1v) is 11.6. The smallest absolute Gasteiger partial charge is 0.337 e. The number of ether oxygens (including phenoxy) is 1. The molecular weight excluding hydrogens is 404 g/mol. The zero-order valence-electron chi connectivity index (χ0n) is 16.7. The van der Waals surface area contributed by atoms with E-state index in [1.54, 1.807) is 4.90 Å². The Morgan fingerprint density at radius 2 is 1.68 bits per heavy atom. The van der Waals surface area contributed by atoms with Crippen LogP contribution in [0.25, 0.3) is 0 Å². The van der Waals surface area contributed by atoms with Gasteiger partial charge >= 0.3 is 5.97 Å². The van der Waals surface area contributed by atoms with Gasteiger partial charge in [0.15, 0.2) is 0 Å². The fraction of sp³-hybridized carbons (Fsp3) is 0.579. The number of hydrogen-bond acceptors (Lipinski definition) is 5. The molecule has 7 nitrogen and oxygen atoms in total. The van der Waals surface area contributed by atoms with Crippen molar-refractivity contribution in [1.29, 1.82) is 0 Å². The maximum atomic E-state index is 12.9. The van der Waals surface area contributed by atoms with Crippen LogP contribution in [0.2, 0.25) is 0 Å². The van der Waals surface area contributed by atoms with Gasteiger partial charge in [0.1, 0.15) is 0 Å². The van der Waals surface area contributed by atoms with Crippen molar-refractivity contribution in [3.05, 3.63) is 29.3 Å². The van der Waals surface area contributed by atoms with Crippen LogP contribution in [-0.2, 0) is 14.8 Å². The minimum Gasteiger partial charge on any atom is -0.465 e. The maximum absolute atomic E-state index is 12.9. The number of esters is 1. The molecule has 1 rings (SSSR count). The van der Waals surface area contributed by atoms with E-state index >= 15 is 0 Å². The molecule has 0 bridgehead atoms. The number of methoxy groups -OCH3 is 1. The number of alkyl halides is 1. The van der Waals surface area contributed by atoms with Crippen LogP contribution >= 0.6 is 11.6 Å². The quantitative estimate of drug-likeness (QED) is 0.310. The molecule has 0 saturated carbocycles. The number of nitrogens with one attached hydrogen (secondary N) is 1. The van der Waals surface area contributed by atoms with Crippen molar-refractivity contribution in [3.63, 3.8) is 0 Å². The first kappa shape index (κ1) is 24.2. The molecule has 1 aromatic rings. The molecule has 0 aliphatic carbocycles. The van der Waals surface area contributed by atoms with E-state index in [1.807, 2.05) is 13.8 Å². The van der Waals surface area contributed by atoms with Crippen molar-refractivity contribution in [3.8, 4) is 0 Å². The van der Waals surface area contributed by atoms with Gasteiger partial charge < -0.3 is 9.64 Å². The van der Waals surface area contributed by atoms with Crippen LogP contribution in [-0.4, -0.2) is 57.0 Å². The number of amides is 1. The first-order valence-electron chi connectivity index (χ1n) is 9.37. The molecule has 0 spiro atoms. The summed E-state index contributed by atoms with van der Waals surface area (Å²) in [7, 11) is -2.40. The van der Waals surface area contributed by atoms with Gasteiger partial charge in [-0.3, -0.25) is 9.52 Å². The Morgan fingerprint density at radius 3 is 2.21 bits per heavy atom. The van der Waals surface area contributed by atoms with Crippen LogP contribution in [0.5, 0.6) is 0 Å². The van der Waals surface area contributed by atoms with Crippen molar-refractivity contribution < 1.29 is 22.7 Å². The summed E-state index contributed by atoms with van der Waals surface area (Å²) in [4.78, 5) is 26.6. The highest BCUT2D eigenvalue weighted by Gasteiger charge is 2.20. The molecule has 0 atom stereocenters. The number of carbonyl (C=O) groups is 2. The molecule has 1 N–H and O–H groups in total. The van der Waals surface area contributed by atoms with Gasteiger partial charge in [0, 0.05) is 24.5 Å². The van der Waals surface area contributed by atoms with Gasteiger partial charge in [-0.15, -0.1) is 11.6 Å². The molecule has 0 unspecified atom stereocenters. The number of hydrogen-bond donors (Lipinski definition) is 1. The summed E-state index contributed by atoms with van der Waals surface area (Å²) < 4.78 is 31.7. The van der Waals surface area contributed by atoms with Crippen molar-refractivity contribution >= 4 is 39.2 Å². The van der Waals surface area contributed by atoms with Crippen LogP contribution in [0.3, 0.4) is 0 Å². The maximum Gasteiger partial charge on any atom is 0.337 e. The summed E-state index contributed by atoms with van der Waals surface area (Å²) in [5.74, 6) is -0.605. The average molecular weight is 433 g/mol. The first-order chi connectivity index (χ1) is 13.3. The number of nitrogens with zero attached hydrogens (tertiary/aromatic N) is 1. The van der Waals surface area contributed by atoms with E-state index in [4.69, 9.17) is 16.3 Å². The van der Waals surface area contributed by atoms with Gasteiger partial charge in [-0.25, -0.2) is 13.2 Å². The van der Waals surface area contributed by atoms with E-state index in [2.05, 4.69) is 4.72 Å². The second-order valence-corrected chi connectivity index (χ2v) is 8.62. The lowest BCUT2D eigenvalue weighted by molar-refractivity contribution is 0.0600. The molecule has 1 amide bonds. The van der Waals surface area contributed by atoms with E-state index in [0.717, 1.165) is 12.8 Å². The predicted molar refractivity (Wildman–Crippen MR) is 112 cm³/mol. The molecule has 1 aromatic carbocycles. The largest absolute Gasteiger partial charge is 0.465 e. The SMILES string of the molecule is CCCN(CCC)C(=O)c1cc(NS(=O)(=O)CCCCCl)cc(C(=O)OC)c1. The lowest BCUT2D eigenvalue weighted by Crippen LogP contribution is -2.32. The Balaban J connectivity index is 3.22. The molecule has 9 heteroatoms. The zero-order valence-corrected chi connectivity index (χ0v) is 18.2. The molecular formula is C19H29ClN2O5S. The molecule has 0 radical (unpaired) electrons. The lowest BCUT2D eigenvalue weighted by Gasteiger charge is -2.22. The Morgan fingerprint density at radius 1 is 1.07 bits per heavy atom. The van der Waals surface area contributed by atoms with Crippen LogP contribution in [0.1, 0.15) is 60.2 Å². The molecule has 0 aromatic heterocycles. The van der Waals surface area contributed by atoms with Gasteiger partial charge in [0.2, 0.25) is 10.0 Å². The number of unbranched alkanes of at least 4 members (excludes halogenated alkanes) is 1. The molecule has 0 heterocycles. The van der Waals surface area contributed by atoms with E-state index in [1.165, 1.54) is 25.3 Å². The van der Waals surface area contributed by atoms with Crippen molar-refractivity contribution in [2.75, 3.05) is 36.6 Å². The van der Waals surface area contributed by atoms with E-state index in [-0.39, 0.29) is 28.5 Å².